The Balaban J connectivity index is 1.87. The summed E-state index contributed by atoms with van der Waals surface area (Å²) in [6.07, 6.45) is 1.09. The van der Waals surface area contributed by atoms with Gasteiger partial charge in [-0.1, -0.05) is 30.3 Å². The fourth-order valence-corrected chi connectivity index (χ4v) is 2.57. The van der Waals surface area contributed by atoms with Crippen LogP contribution in [0.1, 0.15) is 22.3 Å². The predicted molar refractivity (Wildman–Crippen MR) is 77.8 cm³/mol. The molecule has 1 aliphatic heterocycles. The van der Waals surface area contributed by atoms with Crippen molar-refractivity contribution in [1.29, 1.82) is 0 Å². The highest BCUT2D eigenvalue weighted by molar-refractivity contribution is 6.06. The zero-order valence-electron chi connectivity index (χ0n) is 11.4. The minimum atomic E-state index is -0.453. The number of hydrogen-bond acceptors (Lipinski definition) is 2. The summed E-state index contributed by atoms with van der Waals surface area (Å²) in [5.74, 6) is -0.788. The van der Waals surface area contributed by atoms with E-state index in [1.807, 2.05) is 24.3 Å². The van der Waals surface area contributed by atoms with Gasteiger partial charge in [-0.05, 0) is 30.2 Å². The van der Waals surface area contributed by atoms with E-state index in [1.165, 1.54) is 23.1 Å². The van der Waals surface area contributed by atoms with Gasteiger partial charge in [-0.2, -0.15) is 0 Å². The molecule has 0 bridgehead atoms. The molecule has 0 unspecified atom stereocenters. The first kappa shape index (κ1) is 13.5. The van der Waals surface area contributed by atoms with Crippen molar-refractivity contribution in [1.82, 2.24) is 0 Å². The summed E-state index contributed by atoms with van der Waals surface area (Å²) >= 11 is 0. The predicted octanol–water partition coefficient (Wildman–Crippen LogP) is 2.99. The summed E-state index contributed by atoms with van der Waals surface area (Å²) in [7, 11) is 0. The average Bonchev–Trinajstić information content (AvgIpc) is 2.50. The smallest absolute Gasteiger partial charge is 0.227 e. The van der Waals surface area contributed by atoms with Gasteiger partial charge in [0.05, 0.1) is 6.54 Å². The Kier molecular flexibility index (Phi) is 3.52. The van der Waals surface area contributed by atoms with E-state index in [1.54, 1.807) is 6.07 Å². The number of fused-ring (bicyclic) bond motifs is 1. The molecular weight excluding hydrogens is 269 g/mol. The summed E-state index contributed by atoms with van der Waals surface area (Å²) in [5.41, 5.74) is 2.12. The van der Waals surface area contributed by atoms with E-state index in [0.717, 1.165) is 11.3 Å². The molecule has 0 saturated heterocycles. The van der Waals surface area contributed by atoms with Crippen LogP contribution in [-0.2, 0) is 11.2 Å². The number of amides is 1. The third kappa shape index (κ3) is 2.70. The first-order valence-electron chi connectivity index (χ1n) is 6.82. The lowest BCUT2D eigenvalue weighted by Gasteiger charge is -2.28. The number of anilines is 1. The van der Waals surface area contributed by atoms with Crippen molar-refractivity contribution >= 4 is 17.4 Å². The number of benzene rings is 2. The minimum Gasteiger partial charge on any atom is -0.304 e. The van der Waals surface area contributed by atoms with Crippen molar-refractivity contribution in [3.05, 3.63) is 65.5 Å². The number of hydrogen-bond donors (Lipinski definition) is 0. The normalized spacial score (nSPS) is 14.0. The first-order chi connectivity index (χ1) is 10.1. The molecule has 3 rings (SSSR count). The summed E-state index contributed by atoms with van der Waals surface area (Å²) in [4.78, 5) is 25.8. The molecule has 0 atom stereocenters. The SMILES string of the molecule is O=C(CN1C(=O)CCc2ccccc21)c1cccc(F)c1. The molecule has 21 heavy (non-hydrogen) atoms. The third-order valence-electron chi connectivity index (χ3n) is 3.64. The largest absolute Gasteiger partial charge is 0.304 e. The molecule has 2 aromatic carbocycles. The molecule has 4 heteroatoms. The van der Waals surface area contributed by atoms with Crippen molar-refractivity contribution in [2.75, 3.05) is 11.4 Å². The van der Waals surface area contributed by atoms with Crippen LogP contribution < -0.4 is 4.90 Å². The van der Waals surface area contributed by atoms with Crippen LogP contribution in [0.4, 0.5) is 10.1 Å². The molecule has 1 amide bonds. The van der Waals surface area contributed by atoms with Crippen molar-refractivity contribution in [3.8, 4) is 0 Å². The van der Waals surface area contributed by atoms with Gasteiger partial charge in [-0.25, -0.2) is 4.39 Å². The molecule has 106 valence electrons. The molecule has 2 aromatic rings. The number of carbonyl (C=O) groups is 2. The maximum absolute atomic E-state index is 13.2. The second-order valence-electron chi connectivity index (χ2n) is 5.04. The highest BCUT2D eigenvalue weighted by atomic mass is 19.1. The molecule has 1 aliphatic rings. The second-order valence-corrected chi connectivity index (χ2v) is 5.04. The van der Waals surface area contributed by atoms with Crippen molar-refractivity contribution < 1.29 is 14.0 Å². The van der Waals surface area contributed by atoms with Crippen LogP contribution in [0.25, 0.3) is 0 Å². The van der Waals surface area contributed by atoms with Gasteiger partial charge in [0.1, 0.15) is 5.82 Å². The molecular formula is C17H14FNO2. The molecule has 1 heterocycles. The average molecular weight is 283 g/mol. The lowest BCUT2D eigenvalue weighted by molar-refractivity contribution is -0.118. The van der Waals surface area contributed by atoms with Crippen molar-refractivity contribution in [3.63, 3.8) is 0 Å². The van der Waals surface area contributed by atoms with Crippen LogP contribution in [0.15, 0.2) is 48.5 Å². The summed E-state index contributed by atoms with van der Waals surface area (Å²) in [6.45, 7) is -0.0563. The van der Waals surface area contributed by atoms with Gasteiger partial charge in [0.15, 0.2) is 5.78 Å². The maximum Gasteiger partial charge on any atom is 0.227 e. The Labute approximate surface area is 122 Å². The monoisotopic (exact) mass is 283 g/mol. The van der Waals surface area contributed by atoms with Gasteiger partial charge in [0, 0.05) is 17.7 Å². The number of para-hydroxylation sites is 1. The van der Waals surface area contributed by atoms with Crippen molar-refractivity contribution in [2.45, 2.75) is 12.8 Å². The molecule has 0 fully saturated rings. The molecule has 3 nitrogen and oxygen atoms in total. The van der Waals surface area contributed by atoms with Gasteiger partial charge >= 0.3 is 0 Å². The van der Waals surface area contributed by atoms with E-state index in [0.29, 0.717) is 12.8 Å². The number of Topliss-reactive ketones (excluding diaryl/α,β-unsaturated/α-hetero) is 1. The Morgan fingerprint density at radius 3 is 2.71 bits per heavy atom. The van der Waals surface area contributed by atoms with E-state index in [-0.39, 0.29) is 23.8 Å². The number of nitrogens with zero attached hydrogens (tertiary/aromatic N) is 1. The third-order valence-corrected chi connectivity index (χ3v) is 3.64. The Morgan fingerprint density at radius 1 is 1.10 bits per heavy atom. The standard InChI is InChI=1S/C17H14FNO2/c18-14-6-3-5-13(10-14)16(20)11-19-15-7-2-1-4-12(15)8-9-17(19)21/h1-7,10H,8-9,11H2. The summed E-state index contributed by atoms with van der Waals surface area (Å²) in [5, 5.41) is 0. The highest BCUT2D eigenvalue weighted by Gasteiger charge is 2.25. The zero-order chi connectivity index (χ0) is 14.8. The van der Waals surface area contributed by atoms with Crippen LogP contribution in [0.3, 0.4) is 0 Å². The van der Waals surface area contributed by atoms with Crippen molar-refractivity contribution in [2.24, 2.45) is 0 Å². The first-order valence-corrected chi connectivity index (χ1v) is 6.82. The van der Waals surface area contributed by atoms with Gasteiger partial charge in [0.25, 0.3) is 0 Å². The number of carbonyl (C=O) groups excluding carboxylic acids is 2. The molecule has 0 radical (unpaired) electrons. The zero-order valence-corrected chi connectivity index (χ0v) is 11.4. The lowest BCUT2D eigenvalue weighted by Crippen LogP contribution is -2.39. The van der Waals surface area contributed by atoms with Gasteiger partial charge in [-0.3, -0.25) is 9.59 Å². The van der Waals surface area contributed by atoms with E-state index in [9.17, 15) is 14.0 Å². The van der Waals surface area contributed by atoms with E-state index >= 15 is 0 Å². The summed E-state index contributed by atoms with van der Waals surface area (Å²) in [6, 6.07) is 13.1. The van der Waals surface area contributed by atoms with Crippen LogP contribution in [0.5, 0.6) is 0 Å². The Hall–Kier alpha value is -2.49. The van der Waals surface area contributed by atoms with Gasteiger partial charge in [-0.15, -0.1) is 0 Å². The molecule has 0 aliphatic carbocycles. The van der Waals surface area contributed by atoms with E-state index in [2.05, 4.69) is 0 Å². The molecule has 0 N–H and O–H groups in total. The number of rotatable bonds is 3. The second kappa shape index (κ2) is 5.48. The van der Waals surface area contributed by atoms with Crippen LogP contribution >= 0.6 is 0 Å². The van der Waals surface area contributed by atoms with E-state index < -0.39 is 5.82 Å². The molecule has 0 aromatic heterocycles. The number of ketones is 1. The van der Waals surface area contributed by atoms with Gasteiger partial charge in [0.2, 0.25) is 5.91 Å². The lowest BCUT2D eigenvalue weighted by atomic mass is 10.0. The fraction of sp³-hybridized carbons (Fsp3) is 0.176. The topological polar surface area (TPSA) is 37.4 Å². The number of halogens is 1. The van der Waals surface area contributed by atoms with E-state index in [4.69, 9.17) is 0 Å². The van der Waals surface area contributed by atoms with Crippen LogP contribution in [0.2, 0.25) is 0 Å². The quantitative estimate of drug-likeness (QED) is 0.812. The van der Waals surface area contributed by atoms with Gasteiger partial charge < -0.3 is 4.90 Å². The molecule has 0 spiro atoms. The minimum absolute atomic E-state index is 0.0563. The highest BCUT2D eigenvalue weighted by Crippen LogP contribution is 2.27. The Morgan fingerprint density at radius 2 is 1.90 bits per heavy atom. The fourth-order valence-electron chi connectivity index (χ4n) is 2.57. The Bertz CT molecular complexity index is 711. The van der Waals surface area contributed by atoms with Crippen LogP contribution in [0, 0.1) is 5.82 Å². The maximum atomic E-state index is 13.2. The van der Waals surface area contributed by atoms with Crippen LogP contribution in [-0.4, -0.2) is 18.2 Å². The molecule has 0 saturated carbocycles. The number of aryl methyl sites for hydroxylation is 1. The summed E-state index contributed by atoms with van der Waals surface area (Å²) < 4.78 is 13.2.